The van der Waals surface area contributed by atoms with Crippen molar-refractivity contribution in [2.75, 3.05) is 0 Å². The van der Waals surface area contributed by atoms with Crippen LogP contribution in [0.15, 0.2) is 36.7 Å². The van der Waals surface area contributed by atoms with E-state index in [1.807, 2.05) is 26.0 Å². The minimum Gasteiger partial charge on any atom is -0.426 e. The van der Waals surface area contributed by atoms with E-state index in [1.54, 1.807) is 24.5 Å². The molecule has 0 atom stereocenters. The van der Waals surface area contributed by atoms with Crippen molar-refractivity contribution in [2.45, 2.75) is 39.5 Å². The zero-order chi connectivity index (χ0) is 17.6. The zero-order valence-corrected chi connectivity index (χ0v) is 14.7. The molecule has 0 aliphatic heterocycles. The quantitative estimate of drug-likeness (QED) is 0.438. The number of ether oxygens (including phenoxy) is 1. The Kier molecular flexibility index (Phi) is 5.45. The van der Waals surface area contributed by atoms with Crippen molar-refractivity contribution in [3.63, 3.8) is 0 Å². The van der Waals surface area contributed by atoms with Gasteiger partial charge in [0.1, 0.15) is 5.75 Å². The molecule has 1 saturated carbocycles. The summed E-state index contributed by atoms with van der Waals surface area (Å²) in [7, 11) is 0. The molecule has 1 aromatic heterocycles. The Labute approximate surface area is 154 Å². The number of aromatic nitrogens is 2. The second-order valence-electron chi connectivity index (χ2n) is 6.47. The van der Waals surface area contributed by atoms with Gasteiger partial charge in [-0.25, -0.2) is 9.97 Å². The lowest BCUT2D eigenvalue weighted by molar-refractivity contribution is -0.140. The SMILES string of the molecule is CC#CC1CCC(C(=O)Oc2ccc(-c3ncc(C)cn3)cc2)CC1.[HH].[HH].[HH].[HH]. The molecule has 0 N–H and O–H groups in total. The average molecular weight is 342 g/mol. The third-order valence-electron chi connectivity index (χ3n) is 4.52. The molecule has 0 bridgehead atoms. The van der Waals surface area contributed by atoms with Gasteiger partial charge in [0.2, 0.25) is 0 Å². The van der Waals surface area contributed by atoms with Crippen molar-refractivity contribution in [3.8, 4) is 29.0 Å². The van der Waals surface area contributed by atoms with Crippen LogP contribution in [-0.4, -0.2) is 15.9 Å². The molecule has 1 heterocycles. The summed E-state index contributed by atoms with van der Waals surface area (Å²) in [4.78, 5) is 21.0. The van der Waals surface area contributed by atoms with Gasteiger partial charge in [0.25, 0.3) is 0 Å². The molecule has 1 fully saturated rings. The van der Waals surface area contributed by atoms with E-state index in [9.17, 15) is 4.79 Å². The van der Waals surface area contributed by atoms with Crippen LogP contribution in [0.4, 0.5) is 0 Å². The van der Waals surface area contributed by atoms with Gasteiger partial charge in [0.15, 0.2) is 5.82 Å². The van der Waals surface area contributed by atoms with Crippen LogP contribution in [0.2, 0.25) is 0 Å². The summed E-state index contributed by atoms with van der Waals surface area (Å²) in [6.07, 6.45) is 7.24. The minimum atomic E-state index is -0.137. The van der Waals surface area contributed by atoms with E-state index in [-0.39, 0.29) is 17.6 Å². The number of hydrogen-bond acceptors (Lipinski definition) is 4. The second kappa shape index (κ2) is 7.94. The Hall–Kier alpha value is -2.67. The van der Waals surface area contributed by atoms with Crippen LogP contribution in [0.3, 0.4) is 0 Å². The average Bonchev–Trinajstić information content (AvgIpc) is 2.64. The molecular formula is C21H30N2O2. The van der Waals surface area contributed by atoms with E-state index >= 15 is 0 Å². The maximum Gasteiger partial charge on any atom is 0.314 e. The third kappa shape index (κ3) is 4.45. The molecule has 0 spiro atoms. The maximum absolute atomic E-state index is 12.3. The third-order valence-corrected chi connectivity index (χ3v) is 4.52. The van der Waals surface area contributed by atoms with Crippen LogP contribution in [0.1, 0.15) is 43.9 Å². The summed E-state index contributed by atoms with van der Waals surface area (Å²) in [6, 6.07) is 7.34. The van der Waals surface area contributed by atoms with E-state index in [0.717, 1.165) is 36.8 Å². The summed E-state index contributed by atoms with van der Waals surface area (Å²) in [6.45, 7) is 3.82. The Balaban J connectivity index is 0. The molecule has 0 amide bonds. The van der Waals surface area contributed by atoms with E-state index in [0.29, 0.717) is 17.5 Å². The molecule has 3 rings (SSSR count). The smallest absolute Gasteiger partial charge is 0.314 e. The largest absolute Gasteiger partial charge is 0.426 e. The molecule has 1 aliphatic rings. The molecule has 1 aromatic carbocycles. The van der Waals surface area contributed by atoms with Gasteiger partial charge in [-0.3, -0.25) is 4.79 Å². The molecule has 2 aromatic rings. The number of rotatable bonds is 3. The van der Waals surface area contributed by atoms with E-state index in [1.165, 1.54) is 0 Å². The first-order chi connectivity index (χ1) is 12.2. The van der Waals surface area contributed by atoms with E-state index in [2.05, 4.69) is 21.8 Å². The number of esters is 1. The molecule has 1 aliphatic carbocycles. The van der Waals surface area contributed by atoms with Crippen molar-refractivity contribution < 1.29 is 15.2 Å². The molecule has 0 saturated heterocycles. The van der Waals surface area contributed by atoms with Crippen LogP contribution in [0.5, 0.6) is 5.75 Å². The number of hydrogen-bond donors (Lipinski definition) is 0. The minimum absolute atomic E-state index is 0. The van der Waals surface area contributed by atoms with Gasteiger partial charge < -0.3 is 4.74 Å². The number of carbonyl (C=O) groups excluding carboxylic acids is 1. The normalized spacial score (nSPS) is 19.6. The zero-order valence-electron chi connectivity index (χ0n) is 14.7. The fraction of sp³-hybridized carbons (Fsp3) is 0.381. The topological polar surface area (TPSA) is 52.1 Å². The lowest BCUT2D eigenvalue weighted by atomic mass is 9.82. The molecule has 25 heavy (non-hydrogen) atoms. The van der Waals surface area contributed by atoms with Gasteiger partial charge in [-0.05, 0) is 69.4 Å². The monoisotopic (exact) mass is 342 g/mol. The van der Waals surface area contributed by atoms with Crippen molar-refractivity contribution in [1.29, 1.82) is 0 Å². The highest BCUT2D eigenvalue weighted by molar-refractivity contribution is 5.75. The van der Waals surface area contributed by atoms with Crippen molar-refractivity contribution in [1.82, 2.24) is 9.97 Å². The Morgan fingerprint density at radius 3 is 2.36 bits per heavy atom. The van der Waals surface area contributed by atoms with Gasteiger partial charge in [-0.2, -0.15) is 0 Å². The standard InChI is InChI=1S/C21H22N2O2.4H2/c1-3-4-16-5-7-18(8-6-16)21(24)25-19-11-9-17(10-12-19)20-22-13-15(2)14-23-20;;;;/h9-14,16,18H,5-8H2,1-2H3;4*1H. The molecule has 0 radical (unpaired) electrons. The summed E-state index contributed by atoms with van der Waals surface area (Å²) in [5, 5.41) is 0. The van der Waals surface area contributed by atoms with Crippen molar-refractivity contribution in [2.24, 2.45) is 11.8 Å². The highest BCUT2D eigenvalue weighted by atomic mass is 16.5. The van der Waals surface area contributed by atoms with Crippen LogP contribution in [-0.2, 0) is 4.79 Å². The van der Waals surface area contributed by atoms with Crippen LogP contribution in [0, 0.1) is 30.6 Å². The Bertz CT molecular complexity index is 794. The molecule has 136 valence electrons. The van der Waals surface area contributed by atoms with Gasteiger partial charge in [-0.1, -0.05) is 0 Å². The van der Waals surface area contributed by atoms with E-state index < -0.39 is 0 Å². The van der Waals surface area contributed by atoms with Crippen molar-refractivity contribution in [3.05, 3.63) is 42.2 Å². The van der Waals surface area contributed by atoms with E-state index in [4.69, 9.17) is 4.74 Å². The van der Waals surface area contributed by atoms with Crippen molar-refractivity contribution >= 4 is 5.97 Å². The maximum atomic E-state index is 12.3. The number of nitrogens with zero attached hydrogens (tertiary/aromatic N) is 2. The lowest BCUT2D eigenvalue weighted by Crippen LogP contribution is -2.25. The second-order valence-corrected chi connectivity index (χ2v) is 6.47. The summed E-state index contributed by atoms with van der Waals surface area (Å²) >= 11 is 0. The van der Waals surface area contributed by atoms with Gasteiger partial charge in [0, 0.05) is 29.6 Å². The molecule has 0 unspecified atom stereocenters. The highest BCUT2D eigenvalue weighted by Gasteiger charge is 2.27. The molecule has 4 heteroatoms. The number of benzene rings is 1. The fourth-order valence-corrected chi connectivity index (χ4v) is 3.09. The molecule has 4 nitrogen and oxygen atoms in total. The first kappa shape index (κ1) is 17.2. The summed E-state index contributed by atoms with van der Waals surface area (Å²) < 4.78 is 5.54. The summed E-state index contributed by atoms with van der Waals surface area (Å²) in [5.41, 5.74) is 1.92. The van der Waals surface area contributed by atoms with Gasteiger partial charge in [0.05, 0.1) is 5.92 Å². The van der Waals surface area contributed by atoms with Crippen LogP contribution in [0.25, 0.3) is 11.4 Å². The number of carbonyl (C=O) groups is 1. The summed E-state index contributed by atoms with van der Waals surface area (Å²) in [5.74, 6) is 7.68. The predicted octanol–water partition coefficient (Wildman–Crippen LogP) is 5.17. The lowest BCUT2D eigenvalue weighted by Gasteiger charge is -2.24. The first-order valence-corrected chi connectivity index (χ1v) is 8.69. The highest BCUT2D eigenvalue weighted by Crippen LogP contribution is 2.30. The fourth-order valence-electron chi connectivity index (χ4n) is 3.09. The van der Waals surface area contributed by atoms with Gasteiger partial charge >= 0.3 is 5.97 Å². The molecular weight excluding hydrogens is 312 g/mol. The van der Waals surface area contributed by atoms with Crippen LogP contribution >= 0.6 is 0 Å². The van der Waals surface area contributed by atoms with Gasteiger partial charge in [-0.15, -0.1) is 11.8 Å². The predicted molar refractivity (Wildman–Crippen MR) is 105 cm³/mol. The number of aryl methyl sites for hydroxylation is 1. The van der Waals surface area contributed by atoms with Crippen LogP contribution < -0.4 is 4.74 Å². The Morgan fingerprint density at radius 2 is 1.76 bits per heavy atom. The first-order valence-electron chi connectivity index (χ1n) is 8.69. The Morgan fingerprint density at radius 1 is 1.12 bits per heavy atom.